The molecule has 0 saturated carbocycles. The summed E-state index contributed by atoms with van der Waals surface area (Å²) in [7, 11) is 0. The quantitative estimate of drug-likeness (QED) is 0.760. The molecule has 2 heteroatoms. The molecule has 1 heterocycles. The second kappa shape index (κ2) is 4.59. The Morgan fingerprint density at radius 3 is 2.56 bits per heavy atom. The van der Waals surface area contributed by atoms with E-state index in [1.54, 1.807) is 18.3 Å². The molecule has 1 aromatic heterocycles. The minimum absolute atomic E-state index is 0.643. The molecule has 0 bridgehead atoms. The first-order chi connectivity index (χ1) is 7.83. The van der Waals surface area contributed by atoms with E-state index in [-0.39, 0.29) is 0 Å². The van der Waals surface area contributed by atoms with Crippen molar-refractivity contribution in [3.63, 3.8) is 0 Å². The normalized spacial score (nSPS) is 9.75. The van der Waals surface area contributed by atoms with E-state index in [1.165, 1.54) is 5.56 Å². The van der Waals surface area contributed by atoms with Crippen LogP contribution in [0.1, 0.15) is 18.1 Å². The molecule has 1 aromatic carbocycles. The smallest absolute Gasteiger partial charge is 0.0992 e. The lowest BCUT2D eigenvalue weighted by atomic mass is 10.1. The molecule has 0 fully saturated rings. The maximum absolute atomic E-state index is 8.81. The summed E-state index contributed by atoms with van der Waals surface area (Å²) in [5, 5.41) is 8.81. The number of pyridine rings is 1. The molecule has 0 aliphatic rings. The van der Waals surface area contributed by atoms with E-state index in [9.17, 15) is 0 Å². The molecule has 0 spiro atoms. The van der Waals surface area contributed by atoms with Crippen LogP contribution in [0.25, 0.3) is 11.3 Å². The van der Waals surface area contributed by atoms with Crippen LogP contribution >= 0.6 is 0 Å². The highest BCUT2D eigenvalue weighted by molar-refractivity contribution is 5.61. The average Bonchev–Trinajstić information content (AvgIpc) is 2.39. The van der Waals surface area contributed by atoms with Gasteiger partial charge in [-0.1, -0.05) is 31.2 Å². The van der Waals surface area contributed by atoms with Gasteiger partial charge in [0.05, 0.1) is 17.3 Å². The van der Waals surface area contributed by atoms with Gasteiger partial charge >= 0.3 is 0 Å². The molecule has 0 N–H and O–H groups in total. The van der Waals surface area contributed by atoms with Crippen molar-refractivity contribution < 1.29 is 0 Å². The summed E-state index contributed by atoms with van der Waals surface area (Å²) in [6.07, 6.45) is 2.70. The molecule has 0 aliphatic carbocycles. The zero-order valence-electron chi connectivity index (χ0n) is 9.14. The number of aromatic nitrogens is 1. The SMILES string of the molecule is CCc1ccc(-c2cc(C#N)ccn2)cc1. The van der Waals surface area contributed by atoms with Gasteiger partial charge in [0.1, 0.15) is 0 Å². The fourth-order valence-corrected chi connectivity index (χ4v) is 1.57. The summed E-state index contributed by atoms with van der Waals surface area (Å²) in [5.74, 6) is 0. The van der Waals surface area contributed by atoms with E-state index in [0.717, 1.165) is 17.7 Å². The van der Waals surface area contributed by atoms with E-state index in [2.05, 4.69) is 30.1 Å². The third-order valence-corrected chi connectivity index (χ3v) is 2.55. The van der Waals surface area contributed by atoms with Crippen LogP contribution in [0.3, 0.4) is 0 Å². The minimum atomic E-state index is 0.643. The largest absolute Gasteiger partial charge is 0.256 e. The van der Waals surface area contributed by atoms with Gasteiger partial charge < -0.3 is 0 Å². The Kier molecular flexibility index (Phi) is 2.98. The predicted molar refractivity (Wildman–Crippen MR) is 63.8 cm³/mol. The number of nitriles is 1. The second-order valence-electron chi connectivity index (χ2n) is 3.59. The van der Waals surface area contributed by atoms with Gasteiger partial charge in [-0.2, -0.15) is 5.26 Å². The molecule has 0 amide bonds. The van der Waals surface area contributed by atoms with Crippen LogP contribution in [0.2, 0.25) is 0 Å². The summed E-state index contributed by atoms with van der Waals surface area (Å²) >= 11 is 0. The molecule has 2 aromatic rings. The predicted octanol–water partition coefficient (Wildman–Crippen LogP) is 3.18. The first-order valence-corrected chi connectivity index (χ1v) is 5.29. The summed E-state index contributed by atoms with van der Waals surface area (Å²) in [5.41, 5.74) is 3.85. The van der Waals surface area contributed by atoms with Crippen LogP contribution in [-0.2, 0) is 6.42 Å². The van der Waals surface area contributed by atoms with E-state index in [4.69, 9.17) is 5.26 Å². The van der Waals surface area contributed by atoms with Crippen molar-refractivity contribution in [2.75, 3.05) is 0 Å². The van der Waals surface area contributed by atoms with Crippen molar-refractivity contribution in [1.82, 2.24) is 4.98 Å². The van der Waals surface area contributed by atoms with Crippen LogP contribution in [0.4, 0.5) is 0 Å². The molecule has 2 nitrogen and oxygen atoms in total. The third-order valence-electron chi connectivity index (χ3n) is 2.55. The summed E-state index contributed by atoms with van der Waals surface area (Å²) in [6, 6.07) is 13.9. The first kappa shape index (κ1) is 10.4. The first-order valence-electron chi connectivity index (χ1n) is 5.29. The number of rotatable bonds is 2. The van der Waals surface area contributed by atoms with Crippen molar-refractivity contribution >= 4 is 0 Å². The van der Waals surface area contributed by atoms with Gasteiger partial charge in [0.15, 0.2) is 0 Å². The zero-order valence-corrected chi connectivity index (χ0v) is 9.14. The van der Waals surface area contributed by atoms with E-state index in [1.807, 2.05) is 12.1 Å². The lowest BCUT2D eigenvalue weighted by molar-refractivity contribution is 1.14. The lowest BCUT2D eigenvalue weighted by Gasteiger charge is -2.02. The Balaban J connectivity index is 2.39. The maximum atomic E-state index is 8.81. The van der Waals surface area contributed by atoms with Crippen LogP contribution in [0.5, 0.6) is 0 Å². The number of hydrogen-bond acceptors (Lipinski definition) is 2. The molecular formula is C14H12N2. The molecule has 0 saturated heterocycles. The van der Waals surface area contributed by atoms with Crippen molar-refractivity contribution in [2.24, 2.45) is 0 Å². The summed E-state index contributed by atoms with van der Waals surface area (Å²) in [4.78, 5) is 4.26. The number of benzene rings is 1. The summed E-state index contributed by atoms with van der Waals surface area (Å²) < 4.78 is 0. The lowest BCUT2D eigenvalue weighted by Crippen LogP contribution is -1.86. The topological polar surface area (TPSA) is 36.7 Å². The maximum Gasteiger partial charge on any atom is 0.0992 e. The molecule has 0 radical (unpaired) electrons. The standard InChI is InChI=1S/C14H12N2/c1-2-11-3-5-13(6-4-11)14-9-12(10-15)7-8-16-14/h3-9H,2H2,1H3. The second-order valence-corrected chi connectivity index (χ2v) is 3.59. The molecule has 16 heavy (non-hydrogen) atoms. The average molecular weight is 208 g/mol. The highest BCUT2D eigenvalue weighted by atomic mass is 14.7. The monoisotopic (exact) mass is 208 g/mol. The zero-order chi connectivity index (χ0) is 11.4. The van der Waals surface area contributed by atoms with E-state index >= 15 is 0 Å². The Bertz CT molecular complexity index is 521. The van der Waals surface area contributed by atoms with Gasteiger partial charge in [0, 0.05) is 11.8 Å². The Hall–Kier alpha value is -2.14. The third kappa shape index (κ3) is 2.09. The van der Waals surface area contributed by atoms with Gasteiger partial charge in [-0.15, -0.1) is 0 Å². The number of aryl methyl sites for hydroxylation is 1. The number of nitrogens with zero attached hydrogens (tertiary/aromatic N) is 2. The number of hydrogen-bond donors (Lipinski definition) is 0. The van der Waals surface area contributed by atoms with Crippen molar-refractivity contribution in [1.29, 1.82) is 5.26 Å². The van der Waals surface area contributed by atoms with Crippen LogP contribution in [-0.4, -0.2) is 4.98 Å². The van der Waals surface area contributed by atoms with Gasteiger partial charge in [-0.3, -0.25) is 4.98 Å². The van der Waals surface area contributed by atoms with Crippen LogP contribution in [0.15, 0.2) is 42.6 Å². The van der Waals surface area contributed by atoms with Crippen LogP contribution < -0.4 is 0 Å². The van der Waals surface area contributed by atoms with Gasteiger partial charge in [0.2, 0.25) is 0 Å². The highest BCUT2D eigenvalue weighted by Gasteiger charge is 2.00. The molecule has 0 atom stereocenters. The van der Waals surface area contributed by atoms with Crippen molar-refractivity contribution in [3.05, 3.63) is 53.7 Å². The van der Waals surface area contributed by atoms with Gasteiger partial charge in [-0.05, 0) is 24.1 Å². The minimum Gasteiger partial charge on any atom is -0.256 e. The molecular weight excluding hydrogens is 196 g/mol. The van der Waals surface area contributed by atoms with E-state index < -0.39 is 0 Å². The Labute approximate surface area is 95.2 Å². The van der Waals surface area contributed by atoms with Gasteiger partial charge in [0.25, 0.3) is 0 Å². The molecule has 2 rings (SSSR count). The fraction of sp³-hybridized carbons (Fsp3) is 0.143. The Morgan fingerprint density at radius 2 is 1.94 bits per heavy atom. The van der Waals surface area contributed by atoms with Gasteiger partial charge in [-0.25, -0.2) is 0 Å². The molecule has 0 aliphatic heterocycles. The van der Waals surface area contributed by atoms with Crippen LogP contribution in [0, 0.1) is 11.3 Å². The molecule has 78 valence electrons. The van der Waals surface area contributed by atoms with Crippen molar-refractivity contribution in [3.8, 4) is 17.3 Å². The van der Waals surface area contributed by atoms with Crippen molar-refractivity contribution in [2.45, 2.75) is 13.3 Å². The molecule has 0 unspecified atom stereocenters. The highest BCUT2D eigenvalue weighted by Crippen LogP contribution is 2.18. The fourth-order valence-electron chi connectivity index (χ4n) is 1.57. The summed E-state index contributed by atoms with van der Waals surface area (Å²) in [6.45, 7) is 2.13. The van der Waals surface area contributed by atoms with E-state index in [0.29, 0.717) is 5.56 Å². The Morgan fingerprint density at radius 1 is 1.19 bits per heavy atom.